The van der Waals surface area contributed by atoms with Crippen LogP contribution in [0, 0.1) is 5.92 Å². The summed E-state index contributed by atoms with van der Waals surface area (Å²) in [6, 6.07) is 0. The maximum absolute atomic E-state index is 9.92. The van der Waals surface area contributed by atoms with E-state index < -0.39 is 0 Å². The molecule has 0 fully saturated rings. The molecule has 148 valence electrons. The van der Waals surface area contributed by atoms with Gasteiger partial charge in [-0.1, -0.05) is 41.5 Å². The summed E-state index contributed by atoms with van der Waals surface area (Å²) in [5, 5.41) is 3.17. The van der Waals surface area contributed by atoms with Crippen molar-refractivity contribution in [2.24, 2.45) is 5.92 Å². The Hall–Kier alpha value is -0.530. The van der Waals surface area contributed by atoms with Crippen molar-refractivity contribution < 1.29 is 23.7 Å². The van der Waals surface area contributed by atoms with Crippen LogP contribution in [-0.4, -0.2) is 72.2 Å². The summed E-state index contributed by atoms with van der Waals surface area (Å²) in [4.78, 5) is 9.92. The molecule has 0 unspecified atom stereocenters. The van der Waals surface area contributed by atoms with Crippen LogP contribution in [0.3, 0.4) is 0 Å². The molecule has 0 atom stereocenters. The molecular weight excluding hydrogens is 310 g/mol. The monoisotopic (exact) mass is 351 g/mol. The minimum Gasteiger partial charge on any atom is -0.378 e. The Morgan fingerprint density at radius 2 is 1.17 bits per heavy atom. The number of carbonyl (C=O) groups excluding carboxylic acids is 1. The van der Waals surface area contributed by atoms with Crippen molar-refractivity contribution in [2.75, 3.05) is 65.9 Å². The number of aldehydes is 1. The molecule has 0 aromatic rings. The second-order valence-electron chi connectivity index (χ2n) is 5.16. The van der Waals surface area contributed by atoms with E-state index in [2.05, 4.69) is 33.0 Å². The first-order valence-electron chi connectivity index (χ1n) is 9.10. The zero-order chi connectivity index (χ0) is 18.9. The van der Waals surface area contributed by atoms with Crippen LogP contribution in [0.5, 0.6) is 0 Å². The van der Waals surface area contributed by atoms with Gasteiger partial charge >= 0.3 is 0 Å². The second-order valence-corrected chi connectivity index (χ2v) is 5.16. The van der Waals surface area contributed by atoms with E-state index in [1.807, 2.05) is 13.8 Å². The molecule has 0 radical (unpaired) electrons. The second kappa shape index (κ2) is 30.4. The van der Waals surface area contributed by atoms with E-state index in [-0.39, 0.29) is 6.61 Å². The smallest absolute Gasteiger partial charge is 0.145 e. The van der Waals surface area contributed by atoms with Crippen LogP contribution in [0.15, 0.2) is 0 Å². The van der Waals surface area contributed by atoms with Crippen LogP contribution in [0.1, 0.15) is 41.5 Å². The third-order valence-electron chi connectivity index (χ3n) is 1.98. The van der Waals surface area contributed by atoms with Gasteiger partial charge in [0, 0.05) is 6.54 Å². The molecule has 0 bridgehead atoms. The molecule has 24 heavy (non-hydrogen) atoms. The van der Waals surface area contributed by atoms with E-state index >= 15 is 0 Å². The number of likely N-dealkylation sites (N-methyl/N-ethyl adjacent to an activating group) is 1. The van der Waals surface area contributed by atoms with Gasteiger partial charge in [-0.25, -0.2) is 0 Å². The van der Waals surface area contributed by atoms with Gasteiger partial charge in [-0.15, -0.1) is 0 Å². The molecule has 0 aliphatic rings. The molecular formula is C18H41NO5. The maximum Gasteiger partial charge on any atom is 0.145 e. The lowest BCUT2D eigenvalue weighted by atomic mass is 10.3. The summed E-state index contributed by atoms with van der Waals surface area (Å²) in [5.41, 5.74) is 0. The SMILES string of the molecule is CC.CC(C)C.CCNCCOCCOCCOCCOCC=O. The van der Waals surface area contributed by atoms with E-state index in [0.717, 1.165) is 25.3 Å². The third-order valence-corrected chi connectivity index (χ3v) is 1.98. The van der Waals surface area contributed by atoms with Gasteiger partial charge in [0.25, 0.3) is 0 Å². The molecule has 0 rings (SSSR count). The van der Waals surface area contributed by atoms with E-state index in [1.54, 1.807) is 0 Å². The van der Waals surface area contributed by atoms with E-state index in [1.165, 1.54) is 0 Å². The highest BCUT2D eigenvalue weighted by molar-refractivity contribution is 5.50. The number of carbonyl (C=O) groups is 1. The lowest BCUT2D eigenvalue weighted by Gasteiger charge is -2.07. The molecule has 0 heterocycles. The first-order valence-corrected chi connectivity index (χ1v) is 9.10. The van der Waals surface area contributed by atoms with Crippen molar-refractivity contribution in [3.8, 4) is 0 Å². The topological polar surface area (TPSA) is 66.0 Å². The molecule has 0 saturated carbocycles. The van der Waals surface area contributed by atoms with Gasteiger partial charge < -0.3 is 29.1 Å². The summed E-state index contributed by atoms with van der Waals surface area (Å²) >= 11 is 0. The van der Waals surface area contributed by atoms with Crippen LogP contribution in [0.4, 0.5) is 0 Å². The molecule has 0 aliphatic carbocycles. The Morgan fingerprint density at radius 3 is 1.54 bits per heavy atom. The van der Waals surface area contributed by atoms with Gasteiger partial charge in [0.15, 0.2) is 0 Å². The fourth-order valence-electron chi connectivity index (χ4n) is 1.11. The van der Waals surface area contributed by atoms with Crippen LogP contribution in [-0.2, 0) is 23.7 Å². The van der Waals surface area contributed by atoms with Gasteiger partial charge in [0.2, 0.25) is 0 Å². The van der Waals surface area contributed by atoms with Crippen LogP contribution in [0.25, 0.3) is 0 Å². The van der Waals surface area contributed by atoms with Crippen molar-refractivity contribution in [1.82, 2.24) is 5.32 Å². The molecule has 0 saturated heterocycles. The Balaban J connectivity index is -0.000000636. The molecule has 1 N–H and O–H groups in total. The average Bonchev–Trinajstić information content (AvgIpc) is 2.56. The lowest BCUT2D eigenvalue weighted by Crippen LogP contribution is -2.20. The minimum atomic E-state index is 0.129. The Bertz CT molecular complexity index is 201. The molecule has 6 nitrogen and oxygen atoms in total. The van der Waals surface area contributed by atoms with E-state index in [0.29, 0.717) is 46.2 Å². The quantitative estimate of drug-likeness (QED) is 0.361. The number of rotatable bonds is 15. The van der Waals surface area contributed by atoms with Crippen molar-refractivity contribution in [3.63, 3.8) is 0 Å². The zero-order valence-corrected chi connectivity index (χ0v) is 16.8. The molecule has 0 aromatic carbocycles. The fourth-order valence-corrected chi connectivity index (χ4v) is 1.11. The minimum absolute atomic E-state index is 0.129. The Morgan fingerprint density at radius 1 is 0.792 bits per heavy atom. The molecule has 0 aromatic heterocycles. The normalized spacial score (nSPS) is 9.79. The standard InChI is InChI=1S/C12H25NO5.C4H10.C2H6/c1-2-13-3-5-15-7-9-17-11-12-18-10-8-16-6-4-14;1-4(2)3;1-2/h4,13H,2-3,5-12H2,1H3;4H,1-3H3;1-2H3. The van der Waals surface area contributed by atoms with Crippen LogP contribution in [0.2, 0.25) is 0 Å². The van der Waals surface area contributed by atoms with Gasteiger partial charge in [-0.05, 0) is 12.5 Å². The summed E-state index contributed by atoms with van der Waals surface area (Å²) in [6.07, 6.45) is 0.721. The zero-order valence-electron chi connectivity index (χ0n) is 16.8. The van der Waals surface area contributed by atoms with Gasteiger partial charge in [-0.2, -0.15) is 0 Å². The highest BCUT2D eigenvalue weighted by Crippen LogP contribution is 1.82. The number of ether oxygens (including phenoxy) is 4. The predicted octanol–water partition coefficient (Wildman–Crippen LogP) is 2.55. The summed E-state index contributed by atoms with van der Waals surface area (Å²) in [5.74, 6) is 0.833. The van der Waals surface area contributed by atoms with E-state index in [9.17, 15) is 4.79 Å². The highest BCUT2D eigenvalue weighted by Gasteiger charge is 1.92. The lowest BCUT2D eigenvalue weighted by molar-refractivity contribution is -0.112. The summed E-state index contributed by atoms with van der Waals surface area (Å²) in [6.45, 7) is 18.4. The van der Waals surface area contributed by atoms with Crippen molar-refractivity contribution >= 4 is 6.29 Å². The van der Waals surface area contributed by atoms with Crippen molar-refractivity contribution in [1.29, 1.82) is 0 Å². The highest BCUT2D eigenvalue weighted by atomic mass is 16.6. The molecule has 0 amide bonds. The molecule has 6 heteroatoms. The van der Waals surface area contributed by atoms with Crippen molar-refractivity contribution in [3.05, 3.63) is 0 Å². The largest absolute Gasteiger partial charge is 0.378 e. The maximum atomic E-state index is 9.92. The van der Waals surface area contributed by atoms with Crippen LogP contribution >= 0.6 is 0 Å². The van der Waals surface area contributed by atoms with Gasteiger partial charge in [-0.3, -0.25) is 0 Å². The van der Waals surface area contributed by atoms with E-state index in [4.69, 9.17) is 18.9 Å². The first kappa shape index (κ1) is 28.3. The first-order chi connectivity index (χ1) is 11.6. The Labute approximate surface area is 149 Å². The summed E-state index contributed by atoms with van der Waals surface area (Å²) in [7, 11) is 0. The van der Waals surface area contributed by atoms with Gasteiger partial charge in [0.1, 0.15) is 12.9 Å². The fraction of sp³-hybridized carbons (Fsp3) is 0.944. The number of nitrogens with one attached hydrogen (secondary N) is 1. The summed E-state index contributed by atoms with van der Waals surface area (Å²) < 4.78 is 20.8. The molecule has 0 spiro atoms. The predicted molar refractivity (Wildman–Crippen MR) is 99.7 cm³/mol. The number of hydrogen-bond donors (Lipinski definition) is 1. The number of hydrogen-bond acceptors (Lipinski definition) is 6. The van der Waals surface area contributed by atoms with Crippen LogP contribution < -0.4 is 5.32 Å². The third kappa shape index (κ3) is 43.0. The Kier molecular flexibility index (Phi) is 35.8. The van der Waals surface area contributed by atoms with Gasteiger partial charge in [0.05, 0.1) is 46.2 Å². The average molecular weight is 352 g/mol. The van der Waals surface area contributed by atoms with Crippen molar-refractivity contribution in [2.45, 2.75) is 41.5 Å². The molecule has 0 aliphatic heterocycles.